The van der Waals surface area contributed by atoms with Crippen molar-refractivity contribution in [3.8, 4) is 0 Å². The Balaban J connectivity index is 3.28. The van der Waals surface area contributed by atoms with E-state index in [2.05, 4.69) is 52.2 Å². The van der Waals surface area contributed by atoms with Gasteiger partial charge in [0.2, 0.25) is 0 Å². The largest absolute Gasteiger partial charge is 0.131 e. The molecule has 0 saturated heterocycles. The molecule has 0 nitrogen and oxygen atoms in total. The van der Waals surface area contributed by atoms with Crippen molar-refractivity contribution in [1.29, 1.82) is 0 Å². The Kier molecular flexibility index (Phi) is 7.70. The van der Waals surface area contributed by atoms with Gasteiger partial charge in [0.25, 0.3) is 0 Å². The van der Waals surface area contributed by atoms with E-state index < -0.39 is 0 Å². The van der Waals surface area contributed by atoms with E-state index in [-0.39, 0.29) is 0 Å². The topological polar surface area (TPSA) is 0 Å². The molecule has 1 rings (SSSR count). The van der Waals surface area contributed by atoms with Gasteiger partial charge in [-0.05, 0) is 60.2 Å². The van der Waals surface area contributed by atoms with E-state index in [1.54, 1.807) is 5.57 Å². The zero-order valence-electron chi connectivity index (χ0n) is 13.6. The Morgan fingerprint density at radius 2 is 2.00 bits per heavy atom. The van der Waals surface area contributed by atoms with Crippen LogP contribution >= 0.6 is 8.19 Å². The number of hydrogen-bond donors (Lipinski definition) is 0. The monoisotopic (exact) mass is 288 g/mol. The summed E-state index contributed by atoms with van der Waals surface area (Å²) in [6.45, 7) is 12.9. The number of aryl methyl sites for hydroxylation is 1. The molecule has 0 saturated carbocycles. The Hall–Kier alpha value is -1.00. The maximum Gasteiger partial charge on any atom is -0.00131 e. The second kappa shape index (κ2) is 9.03. The van der Waals surface area contributed by atoms with Gasteiger partial charge in [-0.2, -0.15) is 0 Å². The summed E-state index contributed by atoms with van der Waals surface area (Å²) in [5.74, 6) is 2.35. The molecule has 0 radical (unpaired) electrons. The maximum absolute atomic E-state index is 3.84. The van der Waals surface area contributed by atoms with Crippen molar-refractivity contribution >= 4 is 19.8 Å². The molecule has 0 aliphatic carbocycles. The van der Waals surface area contributed by atoms with E-state index in [1.165, 1.54) is 53.4 Å². The molecule has 0 bridgehead atoms. The Labute approximate surface area is 126 Å². The van der Waals surface area contributed by atoms with Crippen molar-refractivity contribution in [1.82, 2.24) is 0 Å². The van der Waals surface area contributed by atoms with Gasteiger partial charge in [0.15, 0.2) is 0 Å². The number of unbranched alkanes of at least 4 members (excludes halogenated alkanes) is 1. The summed E-state index contributed by atoms with van der Waals surface area (Å²) < 4.78 is 0. The van der Waals surface area contributed by atoms with Gasteiger partial charge in [-0.3, -0.25) is 0 Å². The fourth-order valence-corrected chi connectivity index (χ4v) is 3.96. The van der Waals surface area contributed by atoms with Crippen molar-refractivity contribution in [2.45, 2.75) is 59.8 Å². The van der Waals surface area contributed by atoms with Gasteiger partial charge in [-0.25, -0.2) is 0 Å². The number of hydrogen-bond acceptors (Lipinski definition) is 0. The van der Waals surface area contributed by atoms with Gasteiger partial charge in [0.1, 0.15) is 0 Å². The van der Waals surface area contributed by atoms with Crippen LogP contribution in [0.1, 0.15) is 58.4 Å². The van der Waals surface area contributed by atoms with E-state index in [9.17, 15) is 0 Å². The van der Waals surface area contributed by atoms with Gasteiger partial charge in [0.05, 0.1) is 0 Å². The first-order valence-electron chi connectivity index (χ1n) is 7.81. The fourth-order valence-electron chi connectivity index (χ4n) is 2.69. The van der Waals surface area contributed by atoms with Crippen LogP contribution in [0.15, 0.2) is 30.1 Å². The SMILES string of the molecule is C=C/C=c1/[pH]cc(C)/c1=C(C)\C=C(/CCC)CCCC. The van der Waals surface area contributed by atoms with Crippen molar-refractivity contribution in [3.63, 3.8) is 0 Å². The van der Waals surface area contributed by atoms with E-state index >= 15 is 0 Å². The van der Waals surface area contributed by atoms with Crippen LogP contribution in [0.3, 0.4) is 0 Å². The Morgan fingerprint density at radius 1 is 1.25 bits per heavy atom. The summed E-state index contributed by atoms with van der Waals surface area (Å²) in [4.78, 5) is 1.44. The van der Waals surface area contributed by atoms with Gasteiger partial charge in [0, 0.05) is 0 Å². The third-order valence-electron chi connectivity index (χ3n) is 3.63. The van der Waals surface area contributed by atoms with Crippen LogP contribution in [0, 0.1) is 6.92 Å². The molecule has 0 aliphatic heterocycles. The average molecular weight is 288 g/mol. The minimum Gasteiger partial charge on any atom is -0.131 e. The third-order valence-corrected chi connectivity index (χ3v) is 4.93. The van der Waals surface area contributed by atoms with Crippen LogP contribution in [0.2, 0.25) is 0 Å². The summed E-state index contributed by atoms with van der Waals surface area (Å²) in [6.07, 6.45) is 12.8. The van der Waals surface area contributed by atoms with Crippen molar-refractivity contribution in [2.24, 2.45) is 0 Å². The van der Waals surface area contributed by atoms with Crippen molar-refractivity contribution < 1.29 is 0 Å². The molecule has 0 N–H and O–H groups in total. The van der Waals surface area contributed by atoms with Crippen LogP contribution < -0.4 is 10.2 Å². The lowest BCUT2D eigenvalue weighted by Gasteiger charge is -2.06. The fraction of sp³-hybridized carbons (Fsp3) is 0.474. The highest BCUT2D eigenvalue weighted by Gasteiger charge is 2.00. The highest BCUT2D eigenvalue weighted by Crippen LogP contribution is 2.16. The second-order valence-corrected chi connectivity index (χ2v) is 6.62. The molecule has 1 heteroatoms. The molecule has 1 unspecified atom stereocenters. The predicted octanol–water partition coefficient (Wildman–Crippen LogP) is 5.08. The van der Waals surface area contributed by atoms with Gasteiger partial charge in [-0.15, -0.1) is 8.19 Å². The Bertz CT molecular complexity index is 569. The highest BCUT2D eigenvalue weighted by molar-refractivity contribution is 7.28. The lowest BCUT2D eigenvalue weighted by Crippen LogP contribution is -2.22. The van der Waals surface area contributed by atoms with E-state index in [4.69, 9.17) is 0 Å². The first-order chi connectivity index (χ1) is 9.63. The number of allylic oxidation sites excluding steroid dienone is 3. The molecule has 110 valence electrons. The molecule has 20 heavy (non-hydrogen) atoms. The summed E-state index contributed by atoms with van der Waals surface area (Å²) in [6, 6.07) is 0. The minimum atomic E-state index is 0.799. The second-order valence-electron chi connectivity index (χ2n) is 5.50. The van der Waals surface area contributed by atoms with E-state index in [0.29, 0.717) is 0 Å². The first-order valence-corrected chi connectivity index (χ1v) is 8.88. The molecule has 0 fully saturated rings. The lowest BCUT2D eigenvalue weighted by molar-refractivity contribution is 0.743. The standard InChI is InChI=1S/C19H29P/c1-6-9-12-17(10-7-2)13-15(4)19-16(5)14-20-18(19)11-8-3/h8,11,13-14,20H,3,6-7,9-10,12H2,1-2,4-5H3/b17-13+,18-11+,19-15+. The molecule has 0 aromatic carbocycles. The van der Waals surface area contributed by atoms with Crippen molar-refractivity contribution in [3.05, 3.63) is 45.8 Å². The first kappa shape index (κ1) is 17.1. The van der Waals surface area contributed by atoms with Gasteiger partial charge in [-0.1, -0.05) is 57.1 Å². The van der Waals surface area contributed by atoms with Crippen LogP contribution in [0.4, 0.5) is 0 Å². The third kappa shape index (κ3) is 4.84. The molecular weight excluding hydrogens is 259 g/mol. The molecular formula is C19H29P. The summed E-state index contributed by atoms with van der Waals surface area (Å²) >= 11 is 0. The van der Waals surface area contributed by atoms with Crippen LogP contribution in [0.25, 0.3) is 11.6 Å². The molecule has 1 aromatic rings. The van der Waals surface area contributed by atoms with Crippen LogP contribution in [-0.4, -0.2) is 0 Å². The zero-order valence-corrected chi connectivity index (χ0v) is 14.6. The Morgan fingerprint density at radius 3 is 2.60 bits per heavy atom. The van der Waals surface area contributed by atoms with Crippen molar-refractivity contribution in [2.75, 3.05) is 0 Å². The highest BCUT2D eigenvalue weighted by atomic mass is 31.0. The smallest absolute Gasteiger partial charge is 0.00131 e. The van der Waals surface area contributed by atoms with Crippen LogP contribution in [0.5, 0.6) is 0 Å². The van der Waals surface area contributed by atoms with Crippen LogP contribution in [-0.2, 0) is 0 Å². The molecule has 0 spiro atoms. The minimum absolute atomic E-state index is 0.799. The summed E-state index contributed by atoms with van der Waals surface area (Å²) in [7, 11) is 0.799. The van der Waals surface area contributed by atoms with E-state index in [1.807, 2.05) is 6.08 Å². The van der Waals surface area contributed by atoms with E-state index in [0.717, 1.165) is 8.19 Å². The molecule has 0 amide bonds. The predicted molar refractivity (Wildman–Crippen MR) is 96.2 cm³/mol. The number of rotatable bonds is 7. The maximum atomic E-state index is 3.84. The molecule has 1 heterocycles. The molecule has 1 aromatic heterocycles. The molecule has 0 aliphatic rings. The zero-order chi connectivity index (χ0) is 15.0. The summed E-state index contributed by atoms with van der Waals surface area (Å²) in [5.41, 5.74) is 4.47. The lowest BCUT2D eigenvalue weighted by atomic mass is 10.0. The van der Waals surface area contributed by atoms with Gasteiger partial charge >= 0.3 is 0 Å². The average Bonchev–Trinajstić information content (AvgIpc) is 2.78. The van der Waals surface area contributed by atoms with Gasteiger partial charge < -0.3 is 0 Å². The summed E-state index contributed by atoms with van der Waals surface area (Å²) in [5, 5.41) is 1.45. The molecule has 1 atom stereocenters. The quantitative estimate of drug-likeness (QED) is 0.656. The normalized spacial score (nSPS) is 15.0.